The third kappa shape index (κ3) is 3.87. The average Bonchev–Trinajstić information content (AvgIpc) is 3.35. The summed E-state index contributed by atoms with van der Waals surface area (Å²) >= 11 is 5.67. The van der Waals surface area contributed by atoms with E-state index in [0.29, 0.717) is 22.7 Å². The number of carbonyl (C=O) groups is 3. The maximum atomic E-state index is 13.0. The number of β-lactam (4-membered cyclic amide) rings is 1. The molecule has 11 nitrogen and oxygen atoms in total. The van der Waals surface area contributed by atoms with Crippen LogP contribution in [0.25, 0.3) is 0 Å². The standard InChI is InChI=1S/C19H18N6O5S2.Na.H/c20-18-23-22-15(32-18)14(31)10-5-7-6-24(19(30)21-8-1-3-9(26)4-2-8)13-11(7)25(16(13)27)12(10)17(28)29;;/h1-4,7,11,13-14,26,31H,5-6H2,(H2,20,23)(H,21,30)(H,28,29);;/t7-,11-,13+,14?;;/m1../s1. The Morgan fingerprint density at radius 2 is 1.97 bits per heavy atom. The normalized spacial score (nSPS) is 24.0. The van der Waals surface area contributed by atoms with Crippen LogP contribution < -0.4 is 11.1 Å². The van der Waals surface area contributed by atoms with Gasteiger partial charge in [0.15, 0.2) is 0 Å². The van der Waals surface area contributed by atoms with Crippen molar-refractivity contribution in [2.75, 3.05) is 17.6 Å². The topological polar surface area (TPSA) is 162 Å². The Morgan fingerprint density at radius 1 is 1.27 bits per heavy atom. The van der Waals surface area contributed by atoms with Crippen LogP contribution >= 0.6 is 24.0 Å². The summed E-state index contributed by atoms with van der Waals surface area (Å²) < 4.78 is 0. The predicted molar refractivity (Wildman–Crippen MR) is 124 cm³/mol. The zero-order chi connectivity index (χ0) is 22.7. The molecule has 0 bridgehead atoms. The molecule has 5 rings (SSSR count). The molecule has 3 aliphatic heterocycles. The van der Waals surface area contributed by atoms with Crippen LogP contribution in [0.4, 0.5) is 15.6 Å². The van der Waals surface area contributed by atoms with Crippen LogP contribution in [-0.4, -0.2) is 96.3 Å². The number of hydrogen-bond acceptors (Lipinski definition) is 9. The number of benzene rings is 1. The molecule has 1 aromatic carbocycles. The number of aromatic nitrogens is 2. The number of likely N-dealkylation sites (tertiary alicyclic amines) is 1. The number of hydrogen-bond donors (Lipinski definition) is 5. The summed E-state index contributed by atoms with van der Waals surface area (Å²) in [6.45, 7) is 0.288. The van der Waals surface area contributed by atoms with Gasteiger partial charge in [-0.2, -0.15) is 12.6 Å². The third-order valence-corrected chi connectivity index (χ3v) is 7.54. The second-order valence-electron chi connectivity index (χ2n) is 7.80. The molecule has 5 N–H and O–H groups in total. The van der Waals surface area contributed by atoms with E-state index in [4.69, 9.17) is 5.73 Å². The summed E-state index contributed by atoms with van der Waals surface area (Å²) in [5.41, 5.74) is 6.47. The summed E-state index contributed by atoms with van der Waals surface area (Å²) in [5, 5.41) is 29.7. The van der Waals surface area contributed by atoms with Crippen molar-refractivity contribution in [3.05, 3.63) is 40.5 Å². The summed E-state index contributed by atoms with van der Waals surface area (Å²) in [6.07, 6.45) is 0.350. The molecule has 1 aromatic heterocycles. The van der Waals surface area contributed by atoms with E-state index in [-0.39, 0.29) is 58.6 Å². The Morgan fingerprint density at radius 3 is 2.58 bits per heavy atom. The number of phenolic OH excluding ortho intramolecular Hbond substituents is 1. The van der Waals surface area contributed by atoms with Gasteiger partial charge in [0.2, 0.25) is 5.13 Å². The van der Waals surface area contributed by atoms with Crippen molar-refractivity contribution in [1.82, 2.24) is 20.0 Å². The van der Waals surface area contributed by atoms with Gasteiger partial charge in [0.25, 0.3) is 5.91 Å². The molecule has 33 heavy (non-hydrogen) atoms. The molecule has 2 saturated heterocycles. The fraction of sp³-hybridized carbons (Fsp3) is 0.316. The zero-order valence-electron chi connectivity index (χ0n) is 16.4. The summed E-state index contributed by atoms with van der Waals surface area (Å²) in [5.74, 6) is -1.74. The quantitative estimate of drug-likeness (QED) is 0.177. The van der Waals surface area contributed by atoms with Crippen molar-refractivity contribution in [2.45, 2.75) is 23.8 Å². The maximum absolute atomic E-state index is 13.0. The number of nitrogens with one attached hydrogen (secondary N) is 1. The molecule has 1 unspecified atom stereocenters. The third-order valence-electron chi connectivity index (χ3n) is 5.99. The minimum absolute atomic E-state index is 0. The Kier molecular flexibility index (Phi) is 6.35. The molecule has 3 aliphatic rings. The first kappa shape index (κ1) is 23.8. The van der Waals surface area contributed by atoms with Crippen molar-refractivity contribution < 1.29 is 24.6 Å². The molecular formula is C19H19N6NaO5S2. The average molecular weight is 499 g/mol. The van der Waals surface area contributed by atoms with E-state index in [0.717, 1.165) is 11.3 Å². The van der Waals surface area contributed by atoms with Crippen LogP contribution in [0, 0.1) is 5.92 Å². The molecule has 0 radical (unpaired) electrons. The molecule has 14 heteroatoms. The number of nitrogens with two attached hydrogens (primary N) is 1. The summed E-state index contributed by atoms with van der Waals surface area (Å²) in [7, 11) is 0. The minimum atomic E-state index is -1.23. The number of thiol groups is 1. The van der Waals surface area contributed by atoms with Gasteiger partial charge < -0.3 is 26.2 Å². The predicted octanol–water partition coefficient (Wildman–Crippen LogP) is 0.634. The van der Waals surface area contributed by atoms with Gasteiger partial charge in [-0.3, -0.25) is 9.69 Å². The number of urea groups is 1. The Labute approximate surface area is 219 Å². The molecular weight excluding hydrogens is 479 g/mol. The molecule has 3 amide bonds. The molecule has 168 valence electrons. The summed E-state index contributed by atoms with van der Waals surface area (Å²) in [6, 6.07) is 4.41. The van der Waals surface area contributed by atoms with Crippen LogP contribution in [0.5, 0.6) is 5.75 Å². The first-order chi connectivity index (χ1) is 15.3. The fourth-order valence-electron chi connectivity index (χ4n) is 4.67. The molecule has 4 atom stereocenters. The monoisotopic (exact) mass is 498 g/mol. The van der Waals surface area contributed by atoms with Crippen molar-refractivity contribution in [3.8, 4) is 5.75 Å². The van der Waals surface area contributed by atoms with Crippen LogP contribution in [0.15, 0.2) is 35.5 Å². The van der Waals surface area contributed by atoms with E-state index in [9.17, 15) is 24.6 Å². The van der Waals surface area contributed by atoms with E-state index >= 15 is 0 Å². The fourth-order valence-corrected chi connectivity index (χ4v) is 5.74. The molecule has 0 saturated carbocycles. The van der Waals surface area contributed by atoms with E-state index in [2.05, 4.69) is 28.1 Å². The van der Waals surface area contributed by atoms with Gasteiger partial charge in [-0.05, 0) is 36.3 Å². The number of carboxylic acid groups (broad SMARTS) is 1. The number of amides is 3. The van der Waals surface area contributed by atoms with Crippen molar-refractivity contribution in [1.29, 1.82) is 0 Å². The number of rotatable bonds is 4. The number of anilines is 2. The van der Waals surface area contributed by atoms with Crippen LogP contribution in [0.2, 0.25) is 0 Å². The number of carboxylic acids is 1. The molecule has 2 fully saturated rings. The van der Waals surface area contributed by atoms with Crippen molar-refractivity contribution in [2.24, 2.45) is 5.92 Å². The van der Waals surface area contributed by atoms with Gasteiger partial charge in [0.1, 0.15) is 22.5 Å². The molecule has 0 aliphatic carbocycles. The number of phenols is 1. The van der Waals surface area contributed by atoms with E-state index in [1.54, 1.807) is 12.1 Å². The first-order valence-corrected chi connectivity index (χ1v) is 11.0. The number of aliphatic carboxylic acids is 1. The van der Waals surface area contributed by atoms with E-state index in [1.165, 1.54) is 21.9 Å². The van der Waals surface area contributed by atoms with Crippen LogP contribution in [-0.2, 0) is 9.59 Å². The molecule has 2 aromatic rings. The second-order valence-corrected chi connectivity index (χ2v) is 9.35. The number of nitrogen functional groups attached to an aromatic ring is 1. The first-order valence-electron chi connectivity index (χ1n) is 9.69. The Balaban J connectivity index is 0.00000259. The Bertz CT molecular complexity index is 1170. The van der Waals surface area contributed by atoms with Gasteiger partial charge in [0, 0.05) is 18.2 Å². The summed E-state index contributed by atoms with van der Waals surface area (Å²) in [4.78, 5) is 40.7. The van der Waals surface area contributed by atoms with Gasteiger partial charge in [-0.1, -0.05) is 11.3 Å². The van der Waals surface area contributed by atoms with Crippen LogP contribution in [0.3, 0.4) is 0 Å². The van der Waals surface area contributed by atoms with Crippen LogP contribution in [0.1, 0.15) is 16.7 Å². The van der Waals surface area contributed by atoms with Crippen molar-refractivity contribution >= 4 is 82.2 Å². The van der Waals surface area contributed by atoms with Gasteiger partial charge in [0.05, 0.1) is 11.3 Å². The van der Waals surface area contributed by atoms with Gasteiger partial charge >= 0.3 is 41.6 Å². The van der Waals surface area contributed by atoms with Crippen molar-refractivity contribution in [3.63, 3.8) is 0 Å². The van der Waals surface area contributed by atoms with E-state index < -0.39 is 35.2 Å². The number of aromatic hydroxyl groups is 1. The van der Waals surface area contributed by atoms with Gasteiger partial charge in [-0.15, -0.1) is 10.2 Å². The molecule has 0 spiro atoms. The van der Waals surface area contributed by atoms with Gasteiger partial charge in [-0.25, -0.2) is 9.59 Å². The second kappa shape index (κ2) is 8.80. The Hall–Kier alpha value is -2.32. The van der Waals surface area contributed by atoms with E-state index in [1.807, 2.05) is 0 Å². The SMILES string of the molecule is Nc1nnc(C(S)C2=C(C(=O)O)N3C(=O)[C@@H]4[C@H]3[C@H](C2)CN4C(=O)Nc2ccc(O)cc2)s1.[NaH]. The number of nitrogens with zero attached hydrogens (tertiary/aromatic N) is 4. The number of carbonyl (C=O) groups excluding carboxylic acids is 2. The molecule has 4 heterocycles. The zero-order valence-corrected chi connectivity index (χ0v) is 18.1.